The van der Waals surface area contributed by atoms with Crippen molar-refractivity contribution in [3.63, 3.8) is 0 Å². The van der Waals surface area contributed by atoms with Gasteiger partial charge in [-0.3, -0.25) is 4.79 Å². The predicted molar refractivity (Wildman–Crippen MR) is 103 cm³/mol. The summed E-state index contributed by atoms with van der Waals surface area (Å²) in [5, 5.41) is 5.34. The molecular weight excluding hydrogens is 347 g/mol. The summed E-state index contributed by atoms with van der Waals surface area (Å²) >= 11 is 0. The van der Waals surface area contributed by atoms with E-state index in [4.69, 9.17) is 4.74 Å². The van der Waals surface area contributed by atoms with E-state index in [1.807, 2.05) is 18.2 Å². The molecule has 1 atom stereocenters. The van der Waals surface area contributed by atoms with Crippen LogP contribution < -0.4 is 10.6 Å². The Morgan fingerprint density at radius 1 is 1.11 bits per heavy atom. The molecule has 0 aromatic heterocycles. The molecule has 0 spiro atoms. The van der Waals surface area contributed by atoms with Crippen molar-refractivity contribution >= 4 is 17.7 Å². The fourth-order valence-corrected chi connectivity index (χ4v) is 2.45. The van der Waals surface area contributed by atoms with E-state index in [1.54, 1.807) is 52.0 Å². The lowest BCUT2D eigenvalue weighted by Crippen LogP contribution is -2.37. The standard InChI is InChI=1S/C21H25FN2O3/c1-14-10-11-16(12-18(14)22)24-19(25)17(15-8-6-5-7-9-15)13-23-20(26)27-21(2,3)4/h5-12,17H,13H2,1-4H3,(H,23,26)(H,24,25)/t17-/m0/s1. The molecule has 0 aliphatic rings. The molecule has 144 valence electrons. The third kappa shape index (κ3) is 6.40. The lowest BCUT2D eigenvalue weighted by Gasteiger charge is -2.22. The van der Waals surface area contributed by atoms with Crippen molar-refractivity contribution in [2.45, 2.75) is 39.2 Å². The third-order valence-electron chi connectivity index (χ3n) is 3.81. The normalized spacial score (nSPS) is 12.2. The predicted octanol–water partition coefficient (Wildman–Crippen LogP) is 4.38. The number of alkyl carbamates (subject to hydrolysis) is 1. The summed E-state index contributed by atoms with van der Waals surface area (Å²) in [6.07, 6.45) is -0.599. The number of ether oxygens (including phenoxy) is 1. The highest BCUT2D eigenvalue weighted by molar-refractivity contribution is 5.96. The molecule has 5 nitrogen and oxygen atoms in total. The quantitative estimate of drug-likeness (QED) is 0.818. The highest BCUT2D eigenvalue weighted by atomic mass is 19.1. The van der Waals surface area contributed by atoms with Crippen molar-refractivity contribution in [2.75, 3.05) is 11.9 Å². The first kappa shape index (κ1) is 20.4. The molecule has 27 heavy (non-hydrogen) atoms. The van der Waals surface area contributed by atoms with Gasteiger partial charge in [0, 0.05) is 12.2 Å². The minimum Gasteiger partial charge on any atom is -0.444 e. The maximum Gasteiger partial charge on any atom is 0.407 e. The average Bonchev–Trinajstić information content (AvgIpc) is 2.58. The monoisotopic (exact) mass is 372 g/mol. The van der Waals surface area contributed by atoms with E-state index < -0.39 is 23.4 Å². The SMILES string of the molecule is Cc1ccc(NC(=O)[C@@H](CNC(=O)OC(C)(C)C)c2ccccc2)cc1F. The highest BCUT2D eigenvalue weighted by Crippen LogP contribution is 2.20. The minimum absolute atomic E-state index is 0.0547. The van der Waals surface area contributed by atoms with Gasteiger partial charge in [0.25, 0.3) is 0 Å². The van der Waals surface area contributed by atoms with Crippen LogP contribution in [0.2, 0.25) is 0 Å². The molecule has 2 aromatic rings. The Hall–Kier alpha value is -2.89. The van der Waals surface area contributed by atoms with Crippen LogP contribution in [-0.4, -0.2) is 24.1 Å². The van der Waals surface area contributed by atoms with Crippen molar-refractivity contribution in [1.29, 1.82) is 0 Å². The number of carbonyl (C=O) groups excluding carboxylic acids is 2. The summed E-state index contributed by atoms with van der Waals surface area (Å²) < 4.78 is 19.0. The molecule has 0 radical (unpaired) electrons. The zero-order chi connectivity index (χ0) is 20.0. The Morgan fingerprint density at radius 2 is 1.78 bits per heavy atom. The van der Waals surface area contributed by atoms with Gasteiger partial charge >= 0.3 is 6.09 Å². The summed E-state index contributed by atoms with van der Waals surface area (Å²) in [7, 11) is 0. The molecular formula is C21H25FN2O3. The maximum atomic E-state index is 13.7. The first-order chi connectivity index (χ1) is 12.7. The number of anilines is 1. The van der Waals surface area contributed by atoms with Gasteiger partial charge in [-0.1, -0.05) is 36.4 Å². The molecule has 2 rings (SSSR count). The molecule has 0 bridgehead atoms. The Kier molecular flexibility index (Phi) is 6.55. The molecule has 0 saturated carbocycles. The second-order valence-corrected chi connectivity index (χ2v) is 7.30. The number of halogens is 1. The van der Waals surface area contributed by atoms with E-state index in [1.165, 1.54) is 6.07 Å². The number of rotatable bonds is 5. The van der Waals surface area contributed by atoms with Gasteiger partial charge in [0.2, 0.25) is 5.91 Å². The Labute approximate surface area is 158 Å². The van der Waals surface area contributed by atoms with Gasteiger partial charge in [-0.25, -0.2) is 9.18 Å². The van der Waals surface area contributed by atoms with Crippen molar-refractivity contribution in [1.82, 2.24) is 5.32 Å². The van der Waals surface area contributed by atoms with E-state index >= 15 is 0 Å². The van der Waals surface area contributed by atoms with Crippen molar-refractivity contribution in [2.24, 2.45) is 0 Å². The number of aryl methyl sites for hydroxylation is 1. The molecule has 0 heterocycles. The lowest BCUT2D eigenvalue weighted by molar-refractivity contribution is -0.117. The van der Waals surface area contributed by atoms with Crippen LogP contribution in [0.15, 0.2) is 48.5 Å². The topological polar surface area (TPSA) is 67.4 Å². The van der Waals surface area contributed by atoms with Crippen LogP contribution in [0, 0.1) is 12.7 Å². The highest BCUT2D eigenvalue weighted by Gasteiger charge is 2.23. The summed E-state index contributed by atoms with van der Waals surface area (Å²) in [4.78, 5) is 24.7. The van der Waals surface area contributed by atoms with Crippen LogP contribution in [0.5, 0.6) is 0 Å². The van der Waals surface area contributed by atoms with Gasteiger partial charge in [0.05, 0.1) is 5.92 Å². The van der Waals surface area contributed by atoms with Gasteiger partial charge in [-0.15, -0.1) is 0 Å². The largest absolute Gasteiger partial charge is 0.444 e. The van der Waals surface area contributed by atoms with Crippen LogP contribution >= 0.6 is 0 Å². The minimum atomic E-state index is -0.650. The molecule has 2 aromatic carbocycles. The number of nitrogens with one attached hydrogen (secondary N) is 2. The van der Waals surface area contributed by atoms with Gasteiger partial charge < -0.3 is 15.4 Å². The third-order valence-corrected chi connectivity index (χ3v) is 3.81. The van der Waals surface area contributed by atoms with Gasteiger partial charge in [-0.05, 0) is 51.0 Å². The number of hydrogen-bond acceptors (Lipinski definition) is 3. The second kappa shape index (κ2) is 8.66. The number of benzene rings is 2. The van der Waals surface area contributed by atoms with E-state index in [0.29, 0.717) is 11.3 Å². The fraction of sp³-hybridized carbons (Fsp3) is 0.333. The van der Waals surface area contributed by atoms with Crippen molar-refractivity contribution < 1.29 is 18.7 Å². The summed E-state index contributed by atoms with van der Waals surface area (Å²) in [6.45, 7) is 7.00. The van der Waals surface area contributed by atoms with E-state index in [-0.39, 0.29) is 12.5 Å². The van der Waals surface area contributed by atoms with Gasteiger partial charge in [-0.2, -0.15) is 0 Å². The maximum absolute atomic E-state index is 13.7. The number of hydrogen-bond donors (Lipinski definition) is 2. The molecule has 0 aliphatic carbocycles. The number of carbonyl (C=O) groups is 2. The van der Waals surface area contributed by atoms with Crippen LogP contribution in [0.1, 0.15) is 37.8 Å². The Bertz CT molecular complexity index is 801. The molecule has 0 saturated heterocycles. The number of amides is 2. The second-order valence-electron chi connectivity index (χ2n) is 7.30. The molecule has 6 heteroatoms. The van der Waals surface area contributed by atoms with E-state index in [9.17, 15) is 14.0 Å². The summed E-state index contributed by atoms with van der Waals surface area (Å²) in [5.41, 5.74) is 0.965. The van der Waals surface area contributed by atoms with Crippen LogP contribution in [0.3, 0.4) is 0 Å². The molecule has 0 unspecified atom stereocenters. The first-order valence-corrected chi connectivity index (χ1v) is 8.74. The Balaban J connectivity index is 2.13. The first-order valence-electron chi connectivity index (χ1n) is 8.74. The van der Waals surface area contributed by atoms with Crippen LogP contribution in [-0.2, 0) is 9.53 Å². The van der Waals surface area contributed by atoms with Gasteiger partial charge in [0.15, 0.2) is 0 Å². The zero-order valence-corrected chi connectivity index (χ0v) is 16.0. The Morgan fingerprint density at radius 3 is 2.37 bits per heavy atom. The molecule has 2 amide bonds. The van der Waals surface area contributed by atoms with Crippen molar-refractivity contribution in [3.8, 4) is 0 Å². The summed E-state index contributed by atoms with van der Waals surface area (Å²) in [6, 6.07) is 13.6. The van der Waals surface area contributed by atoms with Crippen LogP contribution in [0.4, 0.5) is 14.9 Å². The molecule has 2 N–H and O–H groups in total. The van der Waals surface area contributed by atoms with E-state index in [0.717, 1.165) is 5.56 Å². The zero-order valence-electron chi connectivity index (χ0n) is 16.0. The van der Waals surface area contributed by atoms with E-state index in [2.05, 4.69) is 10.6 Å². The smallest absolute Gasteiger partial charge is 0.407 e. The average molecular weight is 372 g/mol. The van der Waals surface area contributed by atoms with Gasteiger partial charge in [0.1, 0.15) is 11.4 Å². The molecule has 0 aliphatic heterocycles. The fourth-order valence-electron chi connectivity index (χ4n) is 2.45. The summed E-state index contributed by atoms with van der Waals surface area (Å²) in [5.74, 6) is -1.39. The van der Waals surface area contributed by atoms with Crippen LogP contribution in [0.25, 0.3) is 0 Å². The van der Waals surface area contributed by atoms with Crippen molar-refractivity contribution in [3.05, 3.63) is 65.5 Å². The lowest BCUT2D eigenvalue weighted by atomic mass is 9.98. The molecule has 0 fully saturated rings.